The standard InChI is InChI=1S/C17H15N3O5/c1-11(24-15-9-7-14(23-2)8-10-15)17-18-16(19-25-17)12-3-5-13(6-4-12)20(21)22/h3-11H,1-2H3/t11-/m0/s1. The van der Waals surface area contributed by atoms with E-state index in [4.69, 9.17) is 14.0 Å². The van der Waals surface area contributed by atoms with Crippen molar-refractivity contribution >= 4 is 5.69 Å². The highest BCUT2D eigenvalue weighted by molar-refractivity contribution is 5.56. The Labute approximate surface area is 143 Å². The van der Waals surface area contributed by atoms with Gasteiger partial charge in [-0.15, -0.1) is 0 Å². The Hall–Kier alpha value is -3.42. The molecule has 8 heteroatoms. The molecule has 0 aliphatic heterocycles. The fraction of sp³-hybridized carbons (Fsp3) is 0.176. The third-order valence-corrected chi connectivity index (χ3v) is 3.50. The van der Waals surface area contributed by atoms with Crippen molar-refractivity contribution in [2.24, 2.45) is 0 Å². The molecule has 3 rings (SSSR count). The normalized spacial score (nSPS) is 11.8. The van der Waals surface area contributed by atoms with Gasteiger partial charge < -0.3 is 14.0 Å². The number of non-ortho nitro benzene ring substituents is 1. The minimum Gasteiger partial charge on any atom is -0.497 e. The molecule has 25 heavy (non-hydrogen) atoms. The SMILES string of the molecule is COc1ccc(O[C@@H](C)c2nc(-c3ccc([N+](=O)[O-])cc3)no2)cc1. The molecule has 0 fully saturated rings. The number of benzene rings is 2. The van der Waals surface area contributed by atoms with Crippen molar-refractivity contribution in [1.82, 2.24) is 10.1 Å². The van der Waals surface area contributed by atoms with Gasteiger partial charge in [0.25, 0.3) is 11.6 Å². The lowest BCUT2D eigenvalue weighted by atomic mass is 10.2. The van der Waals surface area contributed by atoms with E-state index in [-0.39, 0.29) is 5.69 Å². The fourth-order valence-electron chi connectivity index (χ4n) is 2.16. The number of nitro benzene ring substituents is 1. The Balaban J connectivity index is 1.72. The minimum absolute atomic E-state index is 0.00340. The average Bonchev–Trinajstić information content (AvgIpc) is 3.13. The van der Waals surface area contributed by atoms with E-state index in [1.165, 1.54) is 12.1 Å². The number of ether oxygens (including phenoxy) is 2. The Kier molecular flexibility index (Phi) is 4.60. The van der Waals surface area contributed by atoms with Crippen LogP contribution in [0.25, 0.3) is 11.4 Å². The van der Waals surface area contributed by atoms with Gasteiger partial charge in [0, 0.05) is 17.7 Å². The van der Waals surface area contributed by atoms with Gasteiger partial charge in [0.1, 0.15) is 11.5 Å². The smallest absolute Gasteiger partial charge is 0.269 e. The zero-order valence-electron chi connectivity index (χ0n) is 13.6. The van der Waals surface area contributed by atoms with Gasteiger partial charge in [-0.2, -0.15) is 4.98 Å². The van der Waals surface area contributed by atoms with Gasteiger partial charge in [-0.25, -0.2) is 0 Å². The molecule has 0 saturated carbocycles. The van der Waals surface area contributed by atoms with Crippen LogP contribution in [0.15, 0.2) is 53.1 Å². The van der Waals surface area contributed by atoms with Gasteiger partial charge in [-0.3, -0.25) is 10.1 Å². The van der Waals surface area contributed by atoms with Gasteiger partial charge in [0.2, 0.25) is 5.82 Å². The first-order valence-corrected chi connectivity index (χ1v) is 7.46. The van der Waals surface area contributed by atoms with E-state index < -0.39 is 11.0 Å². The molecule has 0 N–H and O–H groups in total. The first kappa shape index (κ1) is 16.4. The first-order chi connectivity index (χ1) is 12.1. The van der Waals surface area contributed by atoms with Crippen LogP contribution in [0.5, 0.6) is 11.5 Å². The number of methoxy groups -OCH3 is 1. The van der Waals surface area contributed by atoms with Crippen LogP contribution in [0.3, 0.4) is 0 Å². The fourth-order valence-corrected chi connectivity index (χ4v) is 2.16. The minimum atomic E-state index is -0.462. The molecule has 0 aliphatic rings. The lowest BCUT2D eigenvalue weighted by Crippen LogP contribution is -2.03. The van der Waals surface area contributed by atoms with Crippen LogP contribution < -0.4 is 9.47 Å². The van der Waals surface area contributed by atoms with E-state index in [2.05, 4.69) is 10.1 Å². The van der Waals surface area contributed by atoms with Crippen molar-refractivity contribution in [3.05, 3.63) is 64.5 Å². The maximum absolute atomic E-state index is 10.7. The summed E-state index contributed by atoms with van der Waals surface area (Å²) in [5.74, 6) is 2.03. The molecule has 0 saturated heterocycles. The predicted molar refractivity (Wildman–Crippen MR) is 88.4 cm³/mol. The number of aromatic nitrogens is 2. The van der Waals surface area contributed by atoms with Gasteiger partial charge in [-0.1, -0.05) is 5.16 Å². The lowest BCUT2D eigenvalue weighted by molar-refractivity contribution is -0.384. The molecule has 0 amide bonds. The van der Waals surface area contributed by atoms with Crippen molar-refractivity contribution in [1.29, 1.82) is 0 Å². The summed E-state index contributed by atoms with van der Waals surface area (Å²) in [5.41, 5.74) is 0.626. The van der Waals surface area contributed by atoms with Crippen LogP contribution in [0.2, 0.25) is 0 Å². The first-order valence-electron chi connectivity index (χ1n) is 7.46. The highest BCUT2D eigenvalue weighted by Crippen LogP contribution is 2.25. The van der Waals surface area contributed by atoms with Gasteiger partial charge in [0.15, 0.2) is 6.10 Å². The third-order valence-electron chi connectivity index (χ3n) is 3.50. The maximum atomic E-state index is 10.7. The molecule has 1 heterocycles. The highest BCUT2D eigenvalue weighted by Gasteiger charge is 2.17. The van der Waals surface area contributed by atoms with E-state index >= 15 is 0 Å². The Morgan fingerprint density at radius 2 is 1.72 bits per heavy atom. The molecule has 3 aromatic rings. The second-order valence-corrected chi connectivity index (χ2v) is 5.20. The van der Waals surface area contributed by atoms with E-state index in [1.807, 2.05) is 0 Å². The summed E-state index contributed by atoms with van der Waals surface area (Å²) >= 11 is 0. The molecule has 1 atom stereocenters. The number of hydrogen-bond donors (Lipinski definition) is 0. The predicted octanol–water partition coefficient (Wildman–Crippen LogP) is 3.79. The molecular weight excluding hydrogens is 326 g/mol. The second kappa shape index (κ2) is 7.00. The molecule has 0 aliphatic carbocycles. The van der Waals surface area contributed by atoms with Crippen molar-refractivity contribution < 1.29 is 18.9 Å². The van der Waals surface area contributed by atoms with E-state index in [1.54, 1.807) is 50.4 Å². The molecule has 8 nitrogen and oxygen atoms in total. The van der Waals surface area contributed by atoms with E-state index in [0.29, 0.717) is 23.0 Å². The number of nitro groups is 1. The molecule has 128 valence electrons. The summed E-state index contributed by atoms with van der Waals surface area (Å²) in [6.45, 7) is 1.79. The van der Waals surface area contributed by atoms with Gasteiger partial charge in [-0.05, 0) is 43.3 Å². The van der Waals surface area contributed by atoms with Gasteiger partial charge in [0.05, 0.1) is 12.0 Å². The molecule has 1 aromatic heterocycles. The number of rotatable bonds is 6. The quantitative estimate of drug-likeness (QED) is 0.496. The summed E-state index contributed by atoms with van der Waals surface area (Å²) in [6.07, 6.45) is -0.451. The van der Waals surface area contributed by atoms with Crippen molar-refractivity contribution in [2.45, 2.75) is 13.0 Å². The Morgan fingerprint density at radius 1 is 1.08 bits per heavy atom. The summed E-state index contributed by atoms with van der Waals surface area (Å²) < 4.78 is 16.1. The average molecular weight is 341 g/mol. The molecule has 2 aromatic carbocycles. The topological polar surface area (TPSA) is 101 Å². The summed E-state index contributed by atoms with van der Waals surface area (Å²) in [5, 5.41) is 14.6. The Bertz CT molecular complexity index is 859. The largest absolute Gasteiger partial charge is 0.497 e. The maximum Gasteiger partial charge on any atom is 0.269 e. The van der Waals surface area contributed by atoms with Crippen molar-refractivity contribution in [3.63, 3.8) is 0 Å². The van der Waals surface area contributed by atoms with Crippen LogP contribution in [0, 0.1) is 10.1 Å². The van der Waals surface area contributed by atoms with Crippen molar-refractivity contribution in [3.8, 4) is 22.9 Å². The van der Waals surface area contributed by atoms with Crippen LogP contribution in [0.1, 0.15) is 18.9 Å². The third kappa shape index (κ3) is 3.74. The molecular formula is C17H15N3O5. The second-order valence-electron chi connectivity index (χ2n) is 5.20. The summed E-state index contributed by atoms with van der Waals surface area (Å²) in [4.78, 5) is 14.5. The van der Waals surface area contributed by atoms with Crippen LogP contribution in [0.4, 0.5) is 5.69 Å². The molecule has 0 spiro atoms. The van der Waals surface area contributed by atoms with E-state index in [9.17, 15) is 10.1 Å². The molecule has 0 bridgehead atoms. The molecule has 0 unspecified atom stereocenters. The molecule has 0 radical (unpaired) electrons. The van der Waals surface area contributed by atoms with Crippen LogP contribution in [-0.4, -0.2) is 22.2 Å². The Morgan fingerprint density at radius 3 is 2.32 bits per heavy atom. The lowest BCUT2D eigenvalue weighted by Gasteiger charge is -2.10. The van der Waals surface area contributed by atoms with E-state index in [0.717, 1.165) is 5.75 Å². The zero-order chi connectivity index (χ0) is 17.8. The van der Waals surface area contributed by atoms with Crippen LogP contribution in [-0.2, 0) is 0 Å². The summed E-state index contributed by atoms with van der Waals surface area (Å²) in [7, 11) is 1.59. The zero-order valence-corrected chi connectivity index (χ0v) is 13.6. The number of nitrogens with zero attached hydrogens (tertiary/aromatic N) is 3. The summed E-state index contributed by atoms with van der Waals surface area (Å²) in [6, 6.07) is 13.1. The van der Waals surface area contributed by atoms with Crippen molar-refractivity contribution in [2.75, 3.05) is 7.11 Å². The monoisotopic (exact) mass is 341 g/mol. The number of hydrogen-bond acceptors (Lipinski definition) is 7. The van der Waals surface area contributed by atoms with Gasteiger partial charge >= 0.3 is 0 Å². The highest BCUT2D eigenvalue weighted by atomic mass is 16.6. The van der Waals surface area contributed by atoms with Crippen LogP contribution >= 0.6 is 0 Å².